The van der Waals surface area contributed by atoms with Crippen LogP contribution in [0.25, 0.3) is 0 Å². The first kappa shape index (κ1) is 17.5. The monoisotopic (exact) mass is 339 g/mol. The molecule has 2 aromatic rings. The highest BCUT2D eigenvalue weighted by Gasteiger charge is 2.25. The number of aromatic nitrogens is 3. The van der Waals surface area contributed by atoms with Crippen LogP contribution in [0, 0.1) is 0 Å². The minimum atomic E-state index is 0.224. The van der Waals surface area contributed by atoms with Crippen molar-refractivity contribution < 1.29 is 4.79 Å². The number of piperidine rings is 1. The van der Waals surface area contributed by atoms with E-state index in [-0.39, 0.29) is 5.91 Å². The summed E-state index contributed by atoms with van der Waals surface area (Å²) in [6, 6.07) is 5.91. The molecule has 1 unspecified atom stereocenters. The number of amides is 1. The van der Waals surface area contributed by atoms with Crippen molar-refractivity contribution in [3.8, 4) is 0 Å². The molecule has 0 radical (unpaired) electrons. The highest BCUT2D eigenvalue weighted by molar-refractivity contribution is 5.76. The number of hydrogen-bond acceptors (Lipinski definition) is 5. The summed E-state index contributed by atoms with van der Waals surface area (Å²) in [7, 11) is 2.03. The van der Waals surface area contributed by atoms with E-state index in [1.807, 2.05) is 36.3 Å². The Morgan fingerprint density at radius 2 is 2.20 bits per heavy atom. The van der Waals surface area contributed by atoms with Gasteiger partial charge in [-0.15, -0.1) is 0 Å². The first-order chi connectivity index (χ1) is 12.2. The summed E-state index contributed by atoms with van der Waals surface area (Å²) in [6.45, 7) is 3.10. The lowest BCUT2D eigenvalue weighted by Crippen LogP contribution is -2.40. The molecule has 0 spiro atoms. The Balaban J connectivity index is 1.47. The van der Waals surface area contributed by atoms with Crippen molar-refractivity contribution in [2.75, 3.05) is 26.7 Å². The van der Waals surface area contributed by atoms with Gasteiger partial charge in [0, 0.05) is 63.3 Å². The van der Waals surface area contributed by atoms with E-state index in [4.69, 9.17) is 0 Å². The first-order valence-corrected chi connectivity index (χ1v) is 8.84. The van der Waals surface area contributed by atoms with Gasteiger partial charge in [-0.2, -0.15) is 0 Å². The lowest BCUT2D eigenvalue weighted by molar-refractivity contribution is -0.132. The third-order valence-electron chi connectivity index (χ3n) is 4.64. The van der Waals surface area contributed by atoms with E-state index in [1.54, 1.807) is 18.6 Å². The molecule has 0 bridgehead atoms. The third-order valence-corrected chi connectivity index (χ3v) is 4.64. The normalized spacial score (nSPS) is 17.7. The molecule has 6 heteroatoms. The predicted molar refractivity (Wildman–Crippen MR) is 95.8 cm³/mol. The second-order valence-electron chi connectivity index (χ2n) is 6.62. The molecule has 6 nitrogen and oxygen atoms in total. The zero-order chi connectivity index (χ0) is 17.5. The second-order valence-corrected chi connectivity index (χ2v) is 6.62. The van der Waals surface area contributed by atoms with Gasteiger partial charge >= 0.3 is 0 Å². The molecule has 0 saturated carbocycles. The van der Waals surface area contributed by atoms with E-state index in [2.05, 4.69) is 19.9 Å². The zero-order valence-electron chi connectivity index (χ0n) is 14.7. The van der Waals surface area contributed by atoms with Gasteiger partial charge in [0.25, 0.3) is 0 Å². The zero-order valence-corrected chi connectivity index (χ0v) is 14.7. The molecule has 0 aliphatic carbocycles. The van der Waals surface area contributed by atoms with Gasteiger partial charge in [0.1, 0.15) is 0 Å². The molecule has 1 amide bonds. The van der Waals surface area contributed by atoms with Crippen molar-refractivity contribution in [3.63, 3.8) is 0 Å². The summed E-state index contributed by atoms with van der Waals surface area (Å²) in [4.78, 5) is 29.6. The summed E-state index contributed by atoms with van der Waals surface area (Å²) in [5, 5.41) is 0. The van der Waals surface area contributed by atoms with Crippen LogP contribution in [0.1, 0.15) is 36.6 Å². The van der Waals surface area contributed by atoms with E-state index in [0.29, 0.717) is 12.3 Å². The molecule has 0 aromatic carbocycles. The number of pyridine rings is 1. The number of carbonyl (C=O) groups is 1. The summed E-state index contributed by atoms with van der Waals surface area (Å²) in [5.74, 6) is 0.527. The minimum Gasteiger partial charge on any atom is -0.342 e. The van der Waals surface area contributed by atoms with Gasteiger partial charge in [0.15, 0.2) is 0 Å². The van der Waals surface area contributed by atoms with E-state index >= 15 is 0 Å². The standard InChI is InChI=1S/C19H25N5O/c1-23(15-17-6-2-3-8-21-17)12-7-19(25)24-11-4-5-16(14-24)18-13-20-9-10-22-18/h2-3,6,8-10,13,16H,4-5,7,11-12,14-15H2,1H3. The van der Waals surface area contributed by atoms with Gasteiger partial charge in [0.05, 0.1) is 11.4 Å². The van der Waals surface area contributed by atoms with Crippen LogP contribution in [0.4, 0.5) is 0 Å². The van der Waals surface area contributed by atoms with Crippen LogP contribution in [0.3, 0.4) is 0 Å². The molecule has 132 valence electrons. The van der Waals surface area contributed by atoms with Gasteiger partial charge < -0.3 is 9.80 Å². The van der Waals surface area contributed by atoms with Crippen molar-refractivity contribution in [2.45, 2.75) is 31.7 Å². The molecule has 1 aliphatic heterocycles. The average molecular weight is 339 g/mol. The molecule has 3 rings (SSSR count). The van der Waals surface area contributed by atoms with E-state index in [9.17, 15) is 4.79 Å². The van der Waals surface area contributed by atoms with E-state index < -0.39 is 0 Å². The number of hydrogen-bond donors (Lipinski definition) is 0. The fourth-order valence-corrected chi connectivity index (χ4v) is 3.26. The van der Waals surface area contributed by atoms with E-state index in [0.717, 1.165) is 50.4 Å². The average Bonchev–Trinajstić information content (AvgIpc) is 2.68. The third kappa shape index (κ3) is 5.06. The Hall–Kier alpha value is -2.34. The van der Waals surface area contributed by atoms with Crippen LogP contribution in [-0.2, 0) is 11.3 Å². The Labute approximate surface area is 148 Å². The molecular weight excluding hydrogens is 314 g/mol. The summed E-state index contributed by atoms with van der Waals surface area (Å²) in [5.41, 5.74) is 2.02. The van der Waals surface area contributed by atoms with Gasteiger partial charge in [-0.25, -0.2) is 0 Å². The molecule has 0 N–H and O–H groups in total. The van der Waals surface area contributed by atoms with Crippen LogP contribution in [0.15, 0.2) is 43.0 Å². The second kappa shape index (κ2) is 8.67. The Morgan fingerprint density at radius 3 is 2.96 bits per heavy atom. The molecular formula is C19H25N5O. The van der Waals surface area contributed by atoms with Gasteiger partial charge in [-0.1, -0.05) is 6.07 Å². The summed E-state index contributed by atoms with van der Waals surface area (Å²) in [6.07, 6.45) is 9.67. The van der Waals surface area contributed by atoms with Gasteiger partial charge in [-0.05, 0) is 32.0 Å². The fraction of sp³-hybridized carbons (Fsp3) is 0.474. The van der Waals surface area contributed by atoms with Crippen LogP contribution in [0.2, 0.25) is 0 Å². The van der Waals surface area contributed by atoms with Crippen molar-refractivity contribution in [3.05, 3.63) is 54.4 Å². The quantitative estimate of drug-likeness (QED) is 0.806. The number of rotatable bonds is 6. The van der Waals surface area contributed by atoms with Crippen molar-refractivity contribution in [1.82, 2.24) is 24.8 Å². The van der Waals surface area contributed by atoms with Crippen LogP contribution < -0.4 is 0 Å². The molecule has 2 aromatic heterocycles. The molecule has 1 fully saturated rings. The maximum Gasteiger partial charge on any atom is 0.223 e. The molecule has 3 heterocycles. The van der Waals surface area contributed by atoms with E-state index in [1.165, 1.54) is 0 Å². The maximum absolute atomic E-state index is 12.6. The number of likely N-dealkylation sites (tertiary alicyclic amines) is 1. The minimum absolute atomic E-state index is 0.224. The lowest BCUT2D eigenvalue weighted by Gasteiger charge is -2.32. The first-order valence-electron chi connectivity index (χ1n) is 8.84. The molecule has 1 aliphatic rings. The van der Waals surface area contributed by atoms with Gasteiger partial charge in [0.2, 0.25) is 5.91 Å². The van der Waals surface area contributed by atoms with Crippen LogP contribution in [0.5, 0.6) is 0 Å². The Kier molecular flexibility index (Phi) is 6.06. The fourth-order valence-electron chi connectivity index (χ4n) is 3.26. The van der Waals surface area contributed by atoms with Crippen molar-refractivity contribution in [2.24, 2.45) is 0 Å². The highest BCUT2D eigenvalue weighted by Crippen LogP contribution is 2.25. The van der Waals surface area contributed by atoms with Crippen LogP contribution in [-0.4, -0.2) is 57.3 Å². The maximum atomic E-state index is 12.6. The number of nitrogens with zero attached hydrogens (tertiary/aromatic N) is 5. The molecule has 1 saturated heterocycles. The SMILES string of the molecule is CN(CCC(=O)N1CCCC(c2cnccn2)C1)Cc1ccccn1. The van der Waals surface area contributed by atoms with Crippen molar-refractivity contribution >= 4 is 5.91 Å². The van der Waals surface area contributed by atoms with Crippen molar-refractivity contribution in [1.29, 1.82) is 0 Å². The number of carbonyl (C=O) groups excluding carboxylic acids is 1. The topological polar surface area (TPSA) is 62.2 Å². The van der Waals surface area contributed by atoms with Gasteiger partial charge in [-0.3, -0.25) is 19.7 Å². The summed E-state index contributed by atoms with van der Waals surface area (Å²) >= 11 is 0. The molecule has 25 heavy (non-hydrogen) atoms. The molecule has 1 atom stereocenters. The Bertz CT molecular complexity index is 664. The smallest absolute Gasteiger partial charge is 0.223 e. The highest BCUT2D eigenvalue weighted by atomic mass is 16.2. The lowest BCUT2D eigenvalue weighted by atomic mass is 9.95. The van der Waals surface area contributed by atoms with Crippen LogP contribution >= 0.6 is 0 Å². The summed E-state index contributed by atoms with van der Waals surface area (Å²) < 4.78 is 0. The largest absolute Gasteiger partial charge is 0.342 e. The Morgan fingerprint density at radius 1 is 1.28 bits per heavy atom. The predicted octanol–water partition coefficient (Wildman–Crippen LogP) is 2.10.